The number of benzene rings is 1. The van der Waals surface area contributed by atoms with E-state index in [2.05, 4.69) is 44.0 Å². The number of aromatic nitrogens is 2. The molecule has 7 nitrogen and oxygen atoms in total. The highest BCUT2D eigenvalue weighted by atomic mass is 16.3. The summed E-state index contributed by atoms with van der Waals surface area (Å²) in [5.41, 5.74) is 3.10. The van der Waals surface area contributed by atoms with E-state index in [1.54, 1.807) is 18.5 Å². The Bertz CT molecular complexity index is 930. The van der Waals surface area contributed by atoms with Crippen molar-refractivity contribution in [3.63, 3.8) is 0 Å². The third kappa shape index (κ3) is 3.69. The van der Waals surface area contributed by atoms with Crippen molar-refractivity contribution in [3.05, 3.63) is 60.8 Å². The molecular weight excluding hydrogens is 354 g/mol. The Labute approximate surface area is 164 Å². The maximum atomic E-state index is 12.4. The molecule has 0 atom stereocenters. The smallest absolute Gasteiger partial charge is 0.289 e. The van der Waals surface area contributed by atoms with Gasteiger partial charge in [-0.2, -0.15) is 0 Å². The molecule has 1 fully saturated rings. The normalized spacial score (nSPS) is 14.2. The van der Waals surface area contributed by atoms with Crippen LogP contribution < -0.4 is 9.80 Å². The van der Waals surface area contributed by atoms with Gasteiger partial charge in [-0.05, 0) is 24.3 Å². The van der Waals surface area contributed by atoms with Crippen molar-refractivity contribution in [1.82, 2.24) is 14.9 Å². The molecule has 0 spiro atoms. The molecule has 0 saturated carbocycles. The lowest BCUT2D eigenvalue weighted by Gasteiger charge is -2.35. The van der Waals surface area contributed by atoms with Gasteiger partial charge in [0, 0.05) is 57.6 Å². The van der Waals surface area contributed by atoms with Gasteiger partial charge in [-0.3, -0.25) is 4.79 Å². The first-order valence-electron chi connectivity index (χ1n) is 9.29. The highest BCUT2D eigenvalue weighted by molar-refractivity contribution is 5.91. The third-order valence-corrected chi connectivity index (χ3v) is 4.95. The van der Waals surface area contributed by atoms with E-state index in [1.165, 1.54) is 6.26 Å². The largest absolute Gasteiger partial charge is 0.459 e. The molecule has 0 bridgehead atoms. The number of nitrogens with zero attached hydrogens (tertiary/aromatic N) is 5. The number of rotatable bonds is 4. The molecule has 1 aliphatic rings. The van der Waals surface area contributed by atoms with Crippen molar-refractivity contribution in [2.24, 2.45) is 0 Å². The van der Waals surface area contributed by atoms with E-state index in [0.717, 1.165) is 35.9 Å². The van der Waals surface area contributed by atoms with Crippen LogP contribution in [0.4, 0.5) is 11.5 Å². The zero-order valence-electron chi connectivity index (χ0n) is 16.1. The summed E-state index contributed by atoms with van der Waals surface area (Å²) in [6, 6.07) is 13.7. The van der Waals surface area contributed by atoms with E-state index >= 15 is 0 Å². The number of piperazine rings is 1. The van der Waals surface area contributed by atoms with Crippen molar-refractivity contribution < 1.29 is 9.21 Å². The molecule has 1 amide bonds. The lowest BCUT2D eigenvalue weighted by molar-refractivity contribution is 0.0714. The highest BCUT2D eigenvalue weighted by Crippen LogP contribution is 2.24. The van der Waals surface area contributed by atoms with E-state index < -0.39 is 0 Å². The molecule has 0 radical (unpaired) electrons. The topological polar surface area (TPSA) is 65.7 Å². The minimum absolute atomic E-state index is 0.0611. The molecule has 0 N–H and O–H groups in total. The molecule has 0 unspecified atom stereocenters. The van der Waals surface area contributed by atoms with Crippen LogP contribution in [0, 0.1) is 0 Å². The second-order valence-electron chi connectivity index (χ2n) is 6.96. The van der Waals surface area contributed by atoms with Gasteiger partial charge in [0.25, 0.3) is 5.91 Å². The minimum atomic E-state index is -0.0611. The number of furan rings is 1. The maximum Gasteiger partial charge on any atom is 0.289 e. The Morgan fingerprint density at radius 1 is 1.04 bits per heavy atom. The summed E-state index contributed by atoms with van der Waals surface area (Å²) in [6.45, 7) is 2.72. The number of carbonyl (C=O) groups is 1. The van der Waals surface area contributed by atoms with Crippen molar-refractivity contribution >= 4 is 17.4 Å². The summed E-state index contributed by atoms with van der Waals surface area (Å²) < 4.78 is 5.22. The van der Waals surface area contributed by atoms with Gasteiger partial charge >= 0.3 is 0 Å². The Balaban J connectivity index is 1.44. The monoisotopic (exact) mass is 377 g/mol. The number of anilines is 2. The molecule has 2 aromatic heterocycles. The molecule has 3 aromatic rings. The lowest BCUT2D eigenvalue weighted by Crippen LogP contribution is -2.49. The fourth-order valence-electron chi connectivity index (χ4n) is 3.30. The molecule has 144 valence electrons. The second kappa shape index (κ2) is 7.72. The SMILES string of the molecule is CN(C)c1ccc(-c2cc(N3CCN(C(=O)c4ccco4)CC3)ncn2)cc1. The quantitative estimate of drug-likeness (QED) is 0.697. The average Bonchev–Trinajstić information content (AvgIpc) is 3.28. The maximum absolute atomic E-state index is 12.4. The molecule has 1 aliphatic heterocycles. The zero-order chi connectivity index (χ0) is 19.5. The van der Waals surface area contributed by atoms with Crippen LogP contribution in [0.15, 0.2) is 59.5 Å². The Kier molecular flexibility index (Phi) is 4.97. The van der Waals surface area contributed by atoms with Gasteiger partial charge < -0.3 is 19.1 Å². The Morgan fingerprint density at radius 3 is 2.43 bits per heavy atom. The van der Waals surface area contributed by atoms with Crippen molar-refractivity contribution in [2.75, 3.05) is 50.1 Å². The molecular formula is C21H23N5O2. The van der Waals surface area contributed by atoms with Gasteiger partial charge in [0.1, 0.15) is 12.1 Å². The van der Waals surface area contributed by atoms with Gasteiger partial charge in [0.2, 0.25) is 0 Å². The zero-order valence-corrected chi connectivity index (χ0v) is 16.1. The number of hydrogen-bond donors (Lipinski definition) is 0. The van der Waals surface area contributed by atoms with Crippen molar-refractivity contribution in [3.8, 4) is 11.3 Å². The average molecular weight is 377 g/mol. The van der Waals surface area contributed by atoms with Crippen LogP contribution in [0.25, 0.3) is 11.3 Å². The van der Waals surface area contributed by atoms with Crippen LogP contribution in [-0.2, 0) is 0 Å². The van der Waals surface area contributed by atoms with Crippen LogP contribution in [-0.4, -0.2) is 61.0 Å². The van der Waals surface area contributed by atoms with Gasteiger partial charge in [-0.25, -0.2) is 9.97 Å². The predicted molar refractivity (Wildman–Crippen MR) is 109 cm³/mol. The van der Waals surface area contributed by atoms with Gasteiger partial charge in [-0.15, -0.1) is 0 Å². The molecule has 1 aromatic carbocycles. The lowest BCUT2D eigenvalue weighted by atomic mass is 10.1. The van der Waals surface area contributed by atoms with Gasteiger partial charge in [-0.1, -0.05) is 12.1 Å². The van der Waals surface area contributed by atoms with Gasteiger partial charge in [0.05, 0.1) is 12.0 Å². The molecule has 28 heavy (non-hydrogen) atoms. The third-order valence-electron chi connectivity index (χ3n) is 4.95. The first kappa shape index (κ1) is 18.0. The molecule has 1 saturated heterocycles. The summed E-state index contributed by atoms with van der Waals surface area (Å²) in [5.74, 6) is 1.21. The molecule has 4 rings (SSSR count). The van der Waals surface area contributed by atoms with Crippen LogP contribution >= 0.6 is 0 Å². The first-order valence-corrected chi connectivity index (χ1v) is 9.29. The van der Waals surface area contributed by atoms with Crippen molar-refractivity contribution in [2.45, 2.75) is 0 Å². The molecule has 7 heteroatoms. The van der Waals surface area contributed by atoms with Crippen LogP contribution in [0.3, 0.4) is 0 Å². The van der Waals surface area contributed by atoms with E-state index in [-0.39, 0.29) is 5.91 Å². The molecule has 3 heterocycles. The molecule has 0 aliphatic carbocycles. The van der Waals surface area contributed by atoms with Crippen molar-refractivity contribution in [1.29, 1.82) is 0 Å². The summed E-state index contributed by atoms with van der Waals surface area (Å²) in [6.07, 6.45) is 3.13. The van der Waals surface area contributed by atoms with E-state index in [0.29, 0.717) is 18.8 Å². The van der Waals surface area contributed by atoms with E-state index in [9.17, 15) is 4.79 Å². The Morgan fingerprint density at radius 2 is 1.79 bits per heavy atom. The number of hydrogen-bond acceptors (Lipinski definition) is 6. The second-order valence-corrected chi connectivity index (χ2v) is 6.96. The van der Waals surface area contributed by atoms with Crippen LogP contribution in [0.2, 0.25) is 0 Å². The van der Waals surface area contributed by atoms with Gasteiger partial charge in [0.15, 0.2) is 5.76 Å². The van der Waals surface area contributed by atoms with Crippen LogP contribution in [0.1, 0.15) is 10.6 Å². The highest BCUT2D eigenvalue weighted by Gasteiger charge is 2.24. The summed E-state index contributed by atoms with van der Waals surface area (Å²) in [7, 11) is 4.04. The summed E-state index contributed by atoms with van der Waals surface area (Å²) in [5, 5.41) is 0. The summed E-state index contributed by atoms with van der Waals surface area (Å²) >= 11 is 0. The first-order chi connectivity index (χ1) is 13.6. The predicted octanol–water partition coefficient (Wildman–Crippen LogP) is 2.77. The fourth-order valence-corrected chi connectivity index (χ4v) is 3.30. The number of carbonyl (C=O) groups excluding carboxylic acids is 1. The Hall–Kier alpha value is -3.35. The minimum Gasteiger partial charge on any atom is -0.459 e. The van der Waals surface area contributed by atoms with E-state index in [1.807, 2.05) is 25.1 Å². The van der Waals surface area contributed by atoms with E-state index in [4.69, 9.17) is 4.42 Å². The summed E-state index contributed by atoms with van der Waals surface area (Å²) in [4.78, 5) is 27.3. The standard InChI is InChI=1S/C21H23N5O2/c1-24(2)17-7-5-16(6-8-17)18-14-20(23-15-22-18)25-9-11-26(12-10-25)21(27)19-4-3-13-28-19/h3-8,13-15H,9-12H2,1-2H3. The number of amides is 1. The fraction of sp³-hybridized carbons (Fsp3) is 0.286. The van der Waals surface area contributed by atoms with Crippen LogP contribution in [0.5, 0.6) is 0 Å².